The number of hydrogen-bond donors (Lipinski definition) is 2. The first kappa shape index (κ1) is 16.0. The second-order valence-corrected chi connectivity index (χ2v) is 5.08. The molecule has 0 aliphatic rings. The number of hydrogen-bond acceptors (Lipinski definition) is 6. The highest BCUT2D eigenvalue weighted by Crippen LogP contribution is 2.29. The average molecular weight is 370 g/mol. The van der Waals surface area contributed by atoms with E-state index in [1.165, 1.54) is 14.2 Å². The predicted octanol–water partition coefficient (Wildman–Crippen LogP) is 1.11. The number of aromatic nitrogens is 2. The van der Waals surface area contributed by atoms with E-state index in [2.05, 4.69) is 31.2 Å². The minimum atomic E-state index is -1.55. The highest BCUT2D eigenvalue weighted by atomic mass is 79.9. The van der Waals surface area contributed by atoms with Crippen molar-refractivity contribution in [1.82, 2.24) is 15.3 Å². The van der Waals surface area contributed by atoms with Crippen molar-refractivity contribution in [3.05, 3.63) is 22.2 Å². The van der Waals surface area contributed by atoms with Crippen LogP contribution in [-0.4, -0.2) is 41.2 Å². The molecule has 1 heterocycles. The van der Waals surface area contributed by atoms with Crippen molar-refractivity contribution in [3.63, 3.8) is 0 Å². The summed E-state index contributed by atoms with van der Waals surface area (Å²) in [5, 5.41) is 10.9. The second kappa shape index (κ2) is 6.56. The summed E-state index contributed by atoms with van der Waals surface area (Å²) in [5.41, 5.74) is 1.59. The van der Waals surface area contributed by atoms with Crippen LogP contribution in [-0.2, 0) is 16.1 Å². The van der Waals surface area contributed by atoms with E-state index in [4.69, 9.17) is 14.6 Å². The number of fused-ring (bicyclic) bond motifs is 1. The molecule has 0 fully saturated rings. The number of halogens is 1. The van der Waals surface area contributed by atoms with E-state index in [9.17, 15) is 9.59 Å². The summed E-state index contributed by atoms with van der Waals surface area (Å²) in [7, 11) is 2.88. The van der Waals surface area contributed by atoms with E-state index in [1.807, 2.05) is 0 Å². The molecule has 0 aliphatic heterocycles. The molecular formula is C13H12BrN3O5. The van der Waals surface area contributed by atoms with E-state index in [0.717, 1.165) is 0 Å². The number of carboxylic acid groups (broad SMARTS) is 1. The molecular weight excluding hydrogens is 358 g/mol. The topological polar surface area (TPSA) is 111 Å². The first-order valence-corrected chi connectivity index (χ1v) is 6.84. The van der Waals surface area contributed by atoms with Crippen LogP contribution in [0.25, 0.3) is 11.0 Å². The van der Waals surface area contributed by atoms with Crippen LogP contribution in [0.15, 0.2) is 16.6 Å². The van der Waals surface area contributed by atoms with Gasteiger partial charge in [0.1, 0.15) is 0 Å². The standard InChI is InChI=1S/C13H12BrN3O5/c1-21-11-12(22-2)17-9-6(5-15-10(18)13(19)20)3-7(14)4-8(9)16-11/h3-4H,5H2,1-2H3,(H,15,18)(H,19,20). The molecule has 0 saturated heterocycles. The maximum atomic E-state index is 11.2. The molecule has 0 atom stereocenters. The Kier molecular flexibility index (Phi) is 4.76. The number of amides is 1. The van der Waals surface area contributed by atoms with Crippen molar-refractivity contribution >= 4 is 38.8 Å². The van der Waals surface area contributed by atoms with Crippen molar-refractivity contribution in [1.29, 1.82) is 0 Å². The largest absolute Gasteiger partial charge is 0.477 e. The first-order chi connectivity index (χ1) is 10.5. The number of carbonyl (C=O) groups excluding carboxylic acids is 1. The molecule has 2 N–H and O–H groups in total. The molecule has 9 heteroatoms. The van der Waals surface area contributed by atoms with Crippen molar-refractivity contribution in [2.45, 2.75) is 6.54 Å². The van der Waals surface area contributed by atoms with Gasteiger partial charge in [-0.2, -0.15) is 0 Å². The summed E-state index contributed by atoms with van der Waals surface area (Å²) in [5.74, 6) is -2.22. The molecule has 0 spiro atoms. The summed E-state index contributed by atoms with van der Waals surface area (Å²) >= 11 is 3.33. The van der Waals surface area contributed by atoms with Gasteiger partial charge in [0.15, 0.2) is 0 Å². The van der Waals surface area contributed by atoms with E-state index in [0.29, 0.717) is 21.1 Å². The fraction of sp³-hybridized carbons (Fsp3) is 0.231. The van der Waals surface area contributed by atoms with Crippen LogP contribution in [0.1, 0.15) is 5.56 Å². The van der Waals surface area contributed by atoms with Crippen LogP contribution in [0.3, 0.4) is 0 Å². The molecule has 0 saturated carbocycles. The number of benzene rings is 1. The lowest BCUT2D eigenvalue weighted by molar-refractivity contribution is -0.150. The zero-order valence-corrected chi connectivity index (χ0v) is 13.3. The van der Waals surface area contributed by atoms with Gasteiger partial charge in [0, 0.05) is 16.6 Å². The number of nitrogens with zero attached hydrogens (tertiary/aromatic N) is 2. The average Bonchev–Trinajstić information content (AvgIpc) is 2.50. The molecule has 0 radical (unpaired) electrons. The first-order valence-electron chi connectivity index (χ1n) is 6.05. The number of aliphatic carboxylic acids is 1. The van der Waals surface area contributed by atoms with Gasteiger partial charge >= 0.3 is 11.9 Å². The highest BCUT2D eigenvalue weighted by molar-refractivity contribution is 9.10. The Morgan fingerprint density at radius 2 is 1.86 bits per heavy atom. The third kappa shape index (κ3) is 3.25. The van der Waals surface area contributed by atoms with Crippen molar-refractivity contribution in [3.8, 4) is 11.8 Å². The van der Waals surface area contributed by atoms with Gasteiger partial charge in [-0.1, -0.05) is 15.9 Å². The Morgan fingerprint density at radius 1 is 1.23 bits per heavy atom. The molecule has 1 aromatic heterocycles. The number of methoxy groups -OCH3 is 2. The molecule has 22 heavy (non-hydrogen) atoms. The van der Waals surface area contributed by atoms with Crippen LogP contribution in [0.4, 0.5) is 0 Å². The summed E-state index contributed by atoms with van der Waals surface area (Å²) in [6, 6.07) is 3.44. The zero-order valence-electron chi connectivity index (χ0n) is 11.7. The molecule has 0 unspecified atom stereocenters. The Bertz CT molecular complexity index is 750. The number of rotatable bonds is 4. The molecule has 116 valence electrons. The molecule has 2 rings (SSSR count). The molecule has 8 nitrogen and oxygen atoms in total. The van der Waals surface area contributed by atoms with Crippen molar-refractivity contribution < 1.29 is 24.2 Å². The smallest absolute Gasteiger partial charge is 0.394 e. The Morgan fingerprint density at radius 3 is 2.45 bits per heavy atom. The number of ether oxygens (including phenoxy) is 2. The maximum Gasteiger partial charge on any atom is 0.394 e. The van der Waals surface area contributed by atoms with Crippen LogP contribution in [0, 0.1) is 0 Å². The van der Waals surface area contributed by atoms with Crippen LogP contribution in [0.2, 0.25) is 0 Å². The number of nitrogens with one attached hydrogen (secondary N) is 1. The quantitative estimate of drug-likeness (QED) is 0.776. The lowest BCUT2D eigenvalue weighted by Crippen LogP contribution is -2.30. The SMILES string of the molecule is COc1nc2cc(Br)cc(CNC(=O)C(=O)O)c2nc1OC. The van der Waals surface area contributed by atoms with Gasteiger partial charge in [-0.15, -0.1) is 0 Å². The van der Waals surface area contributed by atoms with E-state index < -0.39 is 11.9 Å². The number of carboxylic acids is 1. The second-order valence-electron chi connectivity index (χ2n) is 4.16. The summed E-state index contributed by atoms with van der Waals surface area (Å²) in [4.78, 5) is 30.3. The molecule has 0 aliphatic carbocycles. The van der Waals surface area contributed by atoms with Crippen molar-refractivity contribution in [2.24, 2.45) is 0 Å². The van der Waals surface area contributed by atoms with E-state index >= 15 is 0 Å². The number of carbonyl (C=O) groups is 2. The minimum Gasteiger partial charge on any atom is -0.477 e. The van der Waals surface area contributed by atoms with Gasteiger partial charge in [0.2, 0.25) is 0 Å². The van der Waals surface area contributed by atoms with Crippen LogP contribution >= 0.6 is 15.9 Å². The highest BCUT2D eigenvalue weighted by Gasteiger charge is 2.15. The van der Waals surface area contributed by atoms with Gasteiger partial charge in [0.25, 0.3) is 11.8 Å². The van der Waals surface area contributed by atoms with Gasteiger partial charge in [-0.05, 0) is 12.1 Å². The van der Waals surface area contributed by atoms with Gasteiger partial charge in [-0.3, -0.25) is 4.79 Å². The molecule has 0 bridgehead atoms. The Balaban J connectivity index is 2.48. The molecule has 2 aromatic rings. The zero-order chi connectivity index (χ0) is 16.3. The monoisotopic (exact) mass is 369 g/mol. The van der Waals surface area contributed by atoms with Gasteiger partial charge in [0.05, 0.1) is 25.3 Å². The minimum absolute atomic E-state index is 0.00869. The Labute approximate surface area is 133 Å². The third-order valence-electron chi connectivity index (χ3n) is 2.77. The van der Waals surface area contributed by atoms with E-state index in [-0.39, 0.29) is 18.3 Å². The fourth-order valence-electron chi connectivity index (χ4n) is 1.81. The van der Waals surface area contributed by atoms with Gasteiger partial charge < -0.3 is 19.9 Å². The molecule has 1 amide bonds. The summed E-state index contributed by atoms with van der Waals surface area (Å²) < 4.78 is 10.9. The third-order valence-corrected chi connectivity index (χ3v) is 3.23. The van der Waals surface area contributed by atoms with Crippen LogP contribution < -0.4 is 14.8 Å². The summed E-state index contributed by atoms with van der Waals surface area (Å²) in [6.07, 6.45) is 0. The van der Waals surface area contributed by atoms with Gasteiger partial charge in [-0.25, -0.2) is 14.8 Å². The summed E-state index contributed by atoms with van der Waals surface area (Å²) in [6.45, 7) is -0.00869. The lowest BCUT2D eigenvalue weighted by atomic mass is 10.1. The normalized spacial score (nSPS) is 10.3. The fourth-order valence-corrected chi connectivity index (χ4v) is 2.31. The van der Waals surface area contributed by atoms with Crippen LogP contribution in [0.5, 0.6) is 11.8 Å². The maximum absolute atomic E-state index is 11.2. The van der Waals surface area contributed by atoms with E-state index in [1.54, 1.807) is 12.1 Å². The molecule has 1 aromatic carbocycles. The Hall–Kier alpha value is -2.42. The predicted molar refractivity (Wildman–Crippen MR) is 79.8 cm³/mol. The van der Waals surface area contributed by atoms with Crippen molar-refractivity contribution in [2.75, 3.05) is 14.2 Å². The lowest BCUT2D eigenvalue weighted by Gasteiger charge is -2.11.